The van der Waals surface area contributed by atoms with Gasteiger partial charge in [0.1, 0.15) is 0 Å². The molecule has 0 aliphatic rings. The molecule has 0 radical (unpaired) electrons. The van der Waals surface area contributed by atoms with Gasteiger partial charge in [0.2, 0.25) is 20.0 Å². The molecule has 0 unspecified atom stereocenters. The molecule has 0 amide bonds. The molecule has 3 aromatic rings. The molecule has 0 saturated heterocycles. The number of sulfonamides is 2. The van der Waals surface area contributed by atoms with E-state index in [0.29, 0.717) is 0 Å². The molecular weight excluding hydrogens is 445 g/mol. The summed E-state index contributed by atoms with van der Waals surface area (Å²) in [6, 6.07) is 10.8. The van der Waals surface area contributed by atoms with Gasteiger partial charge in [-0.1, -0.05) is 12.1 Å². The van der Waals surface area contributed by atoms with E-state index in [1.165, 1.54) is 43.4 Å². The van der Waals surface area contributed by atoms with Crippen molar-refractivity contribution in [1.29, 1.82) is 0 Å². The maximum atomic E-state index is 13.2. The van der Waals surface area contributed by atoms with E-state index >= 15 is 0 Å². The van der Waals surface area contributed by atoms with Crippen molar-refractivity contribution in [3.8, 4) is 16.9 Å². The molecule has 0 atom stereocenters. The topological polar surface area (TPSA) is 124 Å². The molecule has 0 bridgehead atoms. The molecule has 0 aliphatic heterocycles. The predicted molar refractivity (Wildman–Crippen MR) is 102 cm³/mol. The number of alkyl halides is 3. The molecule has 0 saturated carbocycles. The fourth-order valence-corrected chi connectivity index (χ4v) is 3.87. The number of aromatic nitrogens is 2. The second-order valence-corrected chi connectivity index (χ2v) is 9.54. The van der Waals surface area contributed by atoms with Gasteiger partial charge in [0.15, 0.2) is 5.69 Å². The minimum absolute atomic E-state index is 0.0269. The van der Waals surface area contributed by atoms with Crippen LogP contribution in [0.3, 0.4) is 0 Å². The van der Waals surface area contributed by atoms with Gasteiger partial charge >= 0.3 is 6.18 Å². The lowest BCUT2D eigenvalue weighted by molar-refractivity contribution is -0.141. The largest absolute Gasteiger partial charge is 0.435 e. The van der Waals surface area contributed by atoms with E-state index in [2.05, 4.69) is 9.82 Å². The summed E-state index contributed by atoms with van der Waals surface area (Å²) in [4.78, 5) is -0.272. The standard InChI is InChI=1S/C17H15F3N4O4S2/c1-22-30(27,28)14-6-2-11(3-7-14)15-10-16(17(18,19)20)23-24(15)12-4-8-13(9-5-12)29(21,25)26/h2-10,22H,1H3,(H2,21,25,26). The van der Waals surface area contributed by atoms with Crippen LogP contribution < -0.4 is 9.86 Å². The van der Waals surface area contributed by atoms with E-state index in [0.717, 1.165) is 22.9 Å². The summed E-state index contributed by atoms with van der Waals surface area (Å²) in [5, 5.41) is 8.62. The third kappa shape index (κ3) is 4.38. The SMILES string of the molecule is CNS(=O)(=O)c1ccc(-c2cc(C(F)(F)F)nn2-c2ccc(S(N)(=O)=O)cc2)cc1. The monoisotopic (exact) mass is 460 g/mol. The summed E-state index contributed by atoms with van der Waals surface area (Å²) in [6.07, 6.45) is -4.73. The van der Waals surface area contributed by atoms with Gasteiger partial charge in [-0.3, -0.25) is 0 Å². The molecule has 0 fully saturated rings. The van der Waals surface area contributed by atoms with Crippen molar-refractivity contribution in [3.63, 3.8) is 0 Å². The van der Waals surface area contributed by atoms with Crippen molar-refractivity contribution in [1.82, 2.24) is 14.5 Å². The fourth-order valence-electron chi connectivity index (χ4n) is 2.62. The zero-order valence-corrected chi connectivity index (χ0v) is 16.9. The molecule has 3 N–H and O–H groups in total. The van der Waals surface area contributed by atoms with Crippen LogP contribution in [0.25, 0.3) is 16.9 Å². The van der Waals surface area contributed by atoms with E-state index in [1.807, 2.05) is 0 Å². The van der Waals surface area contributed by atoms with Gasteiger partial charge in [-0.15, -0.1) is 0 Å². The van der Waals surface area contributed by atoms with Crippen molar-refractivity contribution >= 4 is 20.0 Å². The highest BCUT2D eigenvalue weighted by Crippen LogP contribution is 2.33. The Kier molecular flexibility index (Phi) is 5.49. The van der Waals surface area contributed by atoms with Crippen LogP contribution in [0.5, 0.6) is 0 Å². The molecule has 2 aromatic carbocycles. The second kappa shape index (κ2) is 7.50. The minimum atomic E-state index is -4.73. The lowest BCUT2D eigenvalue weighted by Crippen LogP contribution is -2.18. The summed E-state index contributed by atoms with van der Waals surface area (Å²) in [6.45, 7) is 0. The number of halogens is 3. The van der Waals surface area contributed by atoms with Gasteiger partial charge in [-0.25, -0.2) is 31.4 Å². The van der Waals surface area contributed by atoms with Crippen LogP contribution in [-0.4, -0.2) is 33.7 Å². The quantitative estimate of drug-likeness (QED) is 0.604. The third-order valence-corrected chi connectivity index (χ3v) is 6.50. The molecule has 1 aromatic heterocycles. The second-order valence-electron chi connectivity index (χ2n) is 6.10. The summed E-state index contributed by atoms with van der Waals surface area (Å²) < 4.78 is 89.3. The average Bonchev–Trinajstić information content (AvgIpc) is 3.13. The van der Waals surface area contributed by atoms with Gasteiger partial charge in [0.05, 0.1) is 21.2 Å². The van der Waals surface area contributed by atoms with E-state index < -0.39 is 31.9 Å². The van der Waals surface area contributed by atoms with Crippen molar-refractivity contribution in [2.75, 3.05) is 7.05 Å². The van der Waals surface area contributed by atoms with Crippen molar-refractivity contribution in [3.05, 3.63) is 60.3 Å². The Morgan fingerprint density at radius 2 is 1.47 bits per heavy atom. The summed E-state index contributed by atoms with van der Waals surface area (Å²) >= 11 is 0. The fraction of sp³-hybridized carbons (Fsp3) is 0.118. The van der Waals surface area contributed by atoms with Gasteiger partial charge in [-0.05, 0) is 49.5 Å². The first-order valence-corrected chi connectivity index (χ1v) is 11.2. The molecule has 0 spiro atoms. The van der Waals surface area contributed by atoms with Crippen LogP contribution in [-0.2, 0) is 26.2 Å². The molecule has 8 nitrogen and oxygen atoms in total. The van der Waals surface area contributed by atoms with E-state index in [1.54, 1.807) is 0 Å². The normalized spacial score (nSPS) is 12.8. The van der Waals surface area contributed by atoms with E-state index in [9.17, 15) is 30.0 Å². The Morgan fingerprint density at radius 1 is 0.933 bits per heavy atom. The zero-order chi connectivity index (χ0) is 22.3. The first-order valence-electron chi connectivity index (χ1n) is 8.17. The van der Waals surface area contributed by atoms with Crippen LogP contribution in [0.15, 0.2) is 64.4 Å². The number of rotatable bonds is 5. The molecule has 30 heavy (non-hydrogen) atoms. The highest BCUT2D eigenvalue weighted by molar-refractivity contribution is 7.89. The number of benzene rings is 2. The highest BCUT2D eigenvalue weighted by atomic mass is 32.2. The number of nitrogens with zero attached hydrogens (tertiary/aromatic N) is 2. The Balaban J connectivity index is 2.14. The maximum Gasteiger partial charge on any atom is 0.435 e. The molecule has 0 aliphatic carbocycles. The smallest absolute Gasteiger partial charge is 0.233 e. The van der Waals surface area contributed by atoms with E-state index in [4.69, 9.17) is 5.14 Å². The maximum absolute atomic E-state index is 13.2. The van der Waals surface area contributed by atoms with Gasteiger partial charge in [-0.2, -0.15) is 18.3 Å². The van der Waals surface area contributed by atoms with Gasteiger partial charge in [0, 0.05) is 5.56 Å². The van der Waals surface area contributed by atoms with E-state index in [-0.39, 0.29) is 26.7 Å². The van der Waals surface area contributed by atoms with Crippen molar-refractivity contribution < 1.29 is 30.0 Å². The third-order valence-electron chi connectivity index (χ3n) is 4.14. The lowest BCUT2D eigenvalue weighted by Gasteiger charge is -2.09. The zero-order valence-electron chi connectivity index (χ0n) is 15.3. The van der Waals surface area contributed by atoms with Gasteiger partial charge in [0.25, 0.3) is 0 Å². The van der Waals surface area contributed by atoms with Crippen LogP contribution in [0.2, 0.25) is 0 Å². The van der Waals surface area contributed by atoms with Crippen LogP contribution in [0.4, 0.5) is 13.2 Å². The Bertz CT molecular complexity index is 1280. The molecule has 160 valence electrons. The Morgan fingerprint density at radius 3 is 1.93 bits per heavy atom. The number of hydrogen-bond donors (Lipinski definition) is 2. The summed E-state index contributed by atoms with van der Waals surface area (Å²) in [7, 11) is -6.46. The molecule has 1 heterocycles. The first-order chi connectivity index (χ1) is 13.8. The van der Waals surface area contributed by atoms with Crippen LogP contribution in [0.1, 0.15) is 5.69 Å². The number of primary sulfonamides is 1. The Hall–Kier alpha value is -2.74. The van der Waals surface area contributed by atoms with Crippen molar-refractivity contribution in [2.45, 2.75) is 16.0 Å². The molecular formula is C17H15F3N4O4S2. The number of hydrogen-bond acceptors (Lipinski definition) is 5. The van der Waals surface area contributed by atoms with Crippen molar-refractivity contribution in [2.24, 2.45) is 5.14 Å². The molecule has 13 heteroatoms. The predicted octanol–water partition coefficient (Wildman–Crippen LogP) is 2.11. The molecule has 3 rings (SSSR count). The Labute approximate surface area is 170 Å². The minimum Gasteiger partial charge on any atom is -0.233 e. The first kappa shape index (κ1) is 22.0. The number of nitrogens with one attached hydrogen (secondary N) is 1. The number of nitrogens with two attached hydrogens (primary N) is 1. The van der Waals surface area contributed by atoms with Gasteiger partial charge < -0.3 is 0 Å². The van der Waals surface area contributed by atoms with Crippen LogP contribution >= 0.6 is 0 Å². The highest BCUT2D eigenvalue weighted by Gasteiger charge is 2.35. The van der Waals surface area contributed by atoms with Crippen LogP contribution in [0, 0.1) is 0 Å². The lowest BCUT2D eigenvalue weighted by atomic mass is 10.1. The summed E-state index contributed by atoms with van der Waals surface area (Å²) in [5.41, 5.74) is -0.720. The summed E-state index contributed by atoms with van der Waals surface area (Å²) in [5.74, 6) is 0. The average molecular weight is 460 g/mol.